The van der Waals surface area contributed by atoms with Crippen molar-refractivity contribution in [2.75, 3.05) is 20.2 Å². The predicted molar refractivity (Wildman–Crippen MR) is 83.3 cm³/mol. The van der Waals surface area contributed by atoms with Gasteiger partial charge in [-0.15, -0.1) is 12.4 Å². The zero-order valence-corrected chi connectivity index (χ0v) is 13.3. The molecule has 0 saturated carbocycles. The molecule has 1 heterocycles. The van der Waals surface area contributed by atoms with E-state index in [0.29, 0.717) is 19.5 Å². The first-order valence-electron chi connectivity index (χ1n) is 6.99. The van der Waals surface area contributed by atoms with Crippen LogP contribution in [-0.4, -0.2) is 37.0 Å². The summed E-state index contributed by atoms with van der Waals surface area (Å²) in [5, 5.41) is 0. The maximum absolute atomic E-state index is 12.3. The number of amides is 1. The summed E-state index contributed by atoms with van der Waals surface area (Å²) in [6, 6.07) is 10.2. The predicted octanol–water partition coefficient (Wildman–Crippen LogP) is 2.45. The van der Waals surface area contributed by atoms with Crippen LogP contribution in [0.15, 0.2) is 30.3 Å². The van der Waals surface area contributed by atoms with E-state index in [1.165, 1.54) is 12.7 Å². The molecule has 1 unspecified atom stereocenters. The Bertz CT molecular complexity index is 492. The Morgan fingerprint density at radius 1 is 1.33 bits per heavy atom. The van der Waals surface area contributed by atoms with Crippen LogP contribution in [0.2, 0.25) is 0 Å². The molecule has 5 heteroatoms. The minimum atomic E-state index is -0.985. The highest BCUT2D eigenvalue weighted by Gasteiger charge is 2.49. The average molecular weight is 312 g/mol. The van der Waals surface area contributed by atoms with Gasteiger partial charge in [0.2, 0.25) is 5.91 Å². The van der Waals surface area contributed by atoms with Gasteiger partial charge in [-0.05, 0) is 31.7 Å². The minimum absolute atomic E-state index is 0. The van der Waals surface area contributed by atoms with Crippen molar-refractivity contribution in [3.8, 4) is 0 Å². The number of hydrogen-bond acceptors (Lipinski definition) is 3. The molecule has 1 aliphatic rings. The molecule has 1 aromatic carbocycles. The number of likely N-dealkylation sites (tertiary alicyclic amines) is 1. The van der Waals surface area contributed by atoms with Gasteiger partial charge >= 0.3 is 5.97 Å². The molecule has 4 nitrogen and oxygen atoms in total. The third-order valence-electron chi connectivity index (χ3n) is 4.01. The molecule has 0 radical (unpaired) electrons. The van der Waals surface area contributed by atoms with Crippen LogP contribution in [0.5, 0.6) is 0 Å². The van der Waals surface area contributed by atoms with Gasteiger partial charge in [-0.3, -0.25) is 9.59 Å². The van der Waals surface area contributed by atoms with Gasteiger partial charge < -0.3 is 9.64 Å². The lowest BCUT2D eigenvalue weighted by Crippen LogP contribution is -2.39. The van der Waals surface area contributed by atoms with Gasteiger partial charge in [-0.1, -0.05) is 30.3 Å². The second-order valence-corrected chi connectivity index (χ2v) is 5.46. The number of nitrogens with zero attached hydrogens (tertiary/aromatic N) is 1. The summed E-state index contributed by atoms with van der Waals surface area (Å²) in [4.78, 5) is 25.8. The number of rotatable bonds is 5. The second-order valence-electron chi connectivity index (χ2n) is 5.46. The van der Waals surface area contributed by atoms with Crippen LogP contribution in [0, 0.1) is 5.41 Å². The zero-order valence-electron chi connectivity index (χ0n) is 12.5. The van der Waals surface area contributed by atoms with Crippen LogP contribution >= 0.6 is 12.4 Å². The standard InChI is InChI=1S/C16H21NO3.ClH/c1-16(15(19)20-2)10-12-17(14(16)18)11-6-9-13-7-4-3-5-8-13;/h3-5,7-8H,6,9-12H2,1-2H3;1H. The molecule has 1 fully saturated rings. The first kappa shape index (κ1) is 17.5. The van der Waals surface area contributed by atoms with Crippen LogP contribution in [-0.2, 0) is 20.7 Å². The lowest BCUT2D eigenvalue weighted by atomic mass is 9.89. The molecule has 0 aliphatic carbocycles. The SMILES string of the molecule is COC(=O)C1(C)CCN(CCCc2ccccc2)C1=O.Cl. The number of methoxy groups -OCH3 is 1. The number of hydrogen-bond donors (Lipinski definition) is 0. The van der Waals surface area contributed by atoms with Gasteiger partial charge in [-0.25, -0.2) is 0 Å². The number of esters is 1. The van der Waals surface area contributed by atoms with Gasteiger partial charge in [0.05, 0.1) is 7.11 Å². The number of carbonyl (C=O) groups is 2. The molecule has 0 aromatic heterocycles. The lowest BCUT2D eigenvalue weighted by Gasteiger charge is -2.21. The second kappa shape index (κ2) is 7.46. The molecule has 0 bridgehead atoms. The van der Waals surface area contributed by atoms with Crippen LogP contribution in [0.3, 0.4) is 0 Å². The van der Waals surface area contributed by atoms with E-state index < -0.39 is 11.4 Å². The molecule has 1 aliphatic heterocycles. The first-order chi connectivity index (χ1) is 9.58. The molecule has 21 heavy (non-hydrogen) atoms. The molecular weight excluding hydrogens is 290 g/mol. The van der Waals surface area contributed by atoms with Gasteiger partial charge in [0.15, 0.2) is 0 Å². The Labute approximate surface area is 131 Å². The number of benzene rings is 1. The van der Waals surface area contributed by atoms with Crippen molar-refractivity contribution >= 4 is 24.3 Å². The van der Waals surface area contributed by atoms with E-state index in [1.807, 2.05) is 18.2 Å². The first-order valence-corrected chi connectivity index (χ1v) is 6.99. The highest BCUT2D eigenvalue weighted by atomic mass is 35.5. The van der Waals surface area contributed by atoms with Crippen molar-refractivity contribution in [1.82, 2.24) is 4.90 Å². The Morgan fingerprint density at radius 2 is 2.00 bits per heavy atom. The minimum Gasteiger partial charge on any atom is -0.468 e. The smallest absolute Gasteiger partial charge is 0.321 e. The fourth-order valence-corrected chi connectivity index (χ4v) is 2.66. The molecule has 116 valence electrons. The van der Waals surface area contributed by atoms with E-state index in [4.69, 9.17) is 4.74 Å². The van der Waals surface area contributed by atoms with E-state index in [2.05, 4.69) is 12.1 Å². The quantitative estimate of drug-likeness (QED) is 0.620. The third kappa shape index (κ3) is 3.76. The van der Waals surface area contributed by atoms with E-state index in [0.717, 1.165) is 12.8 Å². The zero-order chi connectivity index (χ0) is 14.6. The highest BCUT2D eigenvalue weighted by molar-refractivity contribution is 6.03. The van der Waals surface area contributed by atoms with E-state index in [9.17, 15) is 9.59 Å². The molecule has 1 atom stereocenters. The molecule has 2 rings (SSSR count). The summed E-state index contributed by atoms with van der Waals surface area (Å²) in [5.41, 5.74) is 0.288. The molecule has 1 amide bonds. The van der Waals surface area contributed by atoms with Crippen LogP contribution in [0.4, 0.5) is 0 Å². The molecule has 0 N–H and O–H groups in total. The fraction of sp³-hybridized carbons (Fsp3) is 0.500. The van der Waals surface area contributed by atoms with Crippen molar-refractivity contribution in [2.45, 2.75) is 26.2 Å². The van der Waals surface area contributed by atoms with E-state index >= 15 is 0 Å². The lowest BCUT2D eigenvalue weighted by molar-refractivity contribution is -0.157. The molecule has 1 saturated heterocycles. The highest BCUT2D eigenvalue weighted by Crippen LogP contribution is 2.32. The number of aryl methyl sites for hydroxylation is 1. The summed E-state index contributed by atoms with van der Waals surface area (Å²) >= 11 is 0. The number of carbonyl (C=O) groups excluding carboxylic acids is 2. The Morgan fingerprint density at radius 3 is 2.62 bits per heavy atom. The molecule has 0 spiro atoms. The Balaban J connectivity index is 0.00000220. The monoisotopic (exact) mass is 311 g/mol. The largest absolute Gasteiger partial charge is 0.468 e. The van der Waals surface area contributed by atoms with E-state index in [1.54, 1.807) is 11.8 Å². The van der Waals surface area contributed by atoms with Crippen LogP contribution in [0.1, 0.15) is 25.3 Å². The van der Waals surface area contributed by atoms with Crippen LogP contribution < -0.4 is 0 Å². The fourth-order valence-electron chi connectivity index (χ4n) is 2.66. The molecule has 1 aromatic rings. The van der Waals surface area contributed by atoms with Crippen molar-refractivity contribution in [1.29, 1.82) is 0 Å². The van der Waals surface area contributed by atoms with E-state index in [-0.39, 0.29) is 18.3 Å². The number of ether oxygens (including phenoxy) is 1. The summed E-state index contributed by atoms with van der Waals surface area (Å²) in [6.45, 7) is 3.01. The summed E-state index contributed by atoms with van der Waals surface area (Å²) in [7, 11) is 1.33. The Kier molecular flexibility index (Phi) is 6.21. The van der Waals surface area contributed by atoms with Crippen molar-refractivity contribution in [3.05, 3.63) is 35.9 Å². The van der Waals surface area contributed by atoms with Crippen LogP contribution in [0.25, 0.3) is 0 Å². The third-order valence-corrected chi connectivity index (χ3v) is 4.01. The Hall–Kier alpha value is -1.55. The van der Waals surface area contributed by atoms with Gasteiger partial charge in [0.25, 0.3) is 0 Å². The topological polar surface area (TPSA) is 46.6 Å². The normalized spacial score (nSPS) is 21.0. The van der Waals surface area contributed by atoms with Crippen molar-refractivity contribution in [2.24, 2.45) is 5.41 Å². The number of halogens is 1. The van der Waals surface area contributed by atoms with Gasteiger partial charge in [-0.2, -0.15) is 0 Å². The van der Waals surface area contributed by atoms with Gasteiger partial charge in [0.1, 0.15) is 5.41 Å². The molecular formula is C16H22ClNO3. The van der Waals surface area contributed by atoms with Crippen molar-refractivity contribution < 1.29 is 14.3 Å². The summed E-state index contributed by atoms with van der Waals surface area (Å²) in [5.74, 6) is -0.523. The summed E-state index contributed by atoms with van der Waals surface area (Å²) in [6.07, 6.45) is 2.40. The van der Waals surface area contributed by atoms with Gasteiger partial charge in [0, 0.05) is 13.1 Å². The summed E-state index contributed by atoms with van der Waals surface area (Å²) < 4.78 is 4.74. The maximum Gasteiger partial charge on any atom is 0.321 e. The average Bonchev–Trinajstić information content (AvgIpc) is 2.77. The van der Waals surface area contributed by atoms with Crippen molar-refractivity contribution in [3.63, 3.8) is 0 Å². The maximum atomic E-state index is 12.3.